The molecule has 2 aliphatic heterocycles. The van der Waals surface area contributed by atoms with Gasteiger partial charge in [0.2, 0.25) is 11.9 Å². The van der Waals surface area contributed by atoms with E-state index in [1.807, 2.05) is 7.05 Å². The standard InChI is InChI=1S/C17H20N6O.C6H11NO2/c1-22-5-4-11-7-15(24-3)14(6-12(11)10-22)20-17-18-8-13-9-19-23(2)16(13)21-17;1-5(8)7-3-2-6(9)4-7/h6-9H,4-5,10H2,1-3H3,(H,18,20,21);6,9H,2-4H2,1H3. The van der Waals surface area contributed by atoms with Crippen molar-refractivity contribution in [3.8, 4) is 5.75 Å². The molecule has 1 saturated heterocycles. The topological polar surface area (TPSA) is 109 Å². The molecule has 0 bridgehead atoms. The van der Waals surface area contributed by atoms with E-state index in [4.69, 9.17) is 9.84 Å². The summed E-state index contributed by atoms with van der Waals surface area (Å²) in [7, 11) is 5.70. The minimum atomic E-state index is -0.283. The van der Waals surface area contributed by atoms with E-state index in [9.17, 15) is 4.79 Å². The lowest BCUT2D eigenvalue weighted by atomic mass is 9.99. The third kappa shape index (κ3) is 5.23. The first kappa shape index (κ1) is 22.9. The molecule has 1 unspecified atom stereocenters. The molecule has 2 aliphatic rings. The maximum Gasteiger partial charge on any atom is 0.229 e. The molecule has 0 radical (unpaired) electrons. The molecule has 1 atom stereocenters. The third-order valence-electron chi connectivity index (χ3n) is 6.05. The molecule has 10 nitrogen and oxygen atoms in total. The highest BCUT2D eigenvalue weighted by Crippen LogP contribution is 2.33. The van der Waals surface area contributed by atoms with Crippen LogP contribution in [0.4, 0.5) is 11.6 Å². The van der Waals surface area contributed by atoms with Crippen molar-refractivity contribution >= 4 is 28.6 Å². The lowest BCUT2D eigenvalue weighted by molar-refractivity contribution is -0.128. The van der Waals surface area contributed by atoms with E-state index >= 15 is 0 Å². The van der Waals surface area contributed by atoms with Crippen LogP contribution in [0.3, 0.4) is 0 Å². The van der Waals surface area contributed by atoms with E-state index in [2.05, 4.69) is 44.5 Å². The van der Waals surface area contributed by atoms with Crippen LogP contribution in [0.5, 0.6) is 5.75 Å². The van der Waals surface area contributed by atoms with Crippen molar-refractivity contribution in [2.75, 3.05) is 39.1 Å². The molecule has 0 spiro atoms. The maximum absolute atomic E-state index is 10.6. The number of hydrogen-bond acceptors (Lipinski definition) is 8. The number of amides is 1. The van der Waals surface area contributed by atoms with Crippen molar-refractivity contribution in [3.63, 3.8) is 0 Å². The summed E-state index contributed by atoms with van der Waals surface area (Å²) in [6.45, 7) is 4.78. The molecule has 0 saturated carbocycles. The van der Waals surface area contributed by atoms with E-state index in [-0.39, 0.29) is 12.0 Å². The number of likely N-dealkylation sites (N-methyl/N-ethyl adjacent to an activating group) is 1. The number of aliphatic hydroxyl groups is 1. The number of ether oxygens (including phenoxy) is 1. The molecule has 33 heavy (non-hydrogen) atoms. The van der Waals surface area contributed by atoms with Gasteiger partial charge in [0.25, 0.3) is 0 Å². The van der Waals surface area contributed by atoms with Crippen molar-refractivity contribution in [2.24, 2.45) is 7.05 Å². The van der Waals surface area contributed by atoms with Crippen molar-refractivity contribution in [1.82, 2.24) is 29.5 Å². The summed E-state index contributed by atoms with van der Waals surface area (Å²) in [6.07, 6.45) is 5.03. The zero-order valence-corrected chi connectivity index (χ0v) is 19.6. The fourth-order valence-corrected chi connectivity index (χ4v) is 4.14. The van der Waals surface area contributed by atoms with E-state index in [0.29, 0.717) is 12.5 Å². The van der Waals surface area contributed by atoms with Gasteiger partial charge < -0.3 is 25.0 Å². The predicted molar refractivity (Wildman–Crippen MR) is 125 cm³/mol. The monoisotopic (exact) mass is 453 g/mol. The Kier molecular flexibility index (Phi) is 6.75. The number of hydrogen-bond donors (Lipinski definition) is 2. The second-order valence-corrected chi connectivity index (χ2v) is 8.58. The lowest BCUT2D eigenvalue weighted by Crippen LogP contribution is -2.26. The number of aromatic nitrogens is 4. The summed E-state index contributed by atoms with van der Waals surface area (Å²) in [5.74, 6) is 1.41. The number of nitrogens with zero attached hydrogens (tertiary/aromatic N) is 6. The molecule has 3 aromatic rings. The van der Waals surface area contributed by atoms with Gasteiger partial charge in [-0.15, -0.1) is 0 Å². The molecule has 0 aliphatic carbocycles. The van der Waals surface area contributed by atoms with Gasteiger partial charge in [-0.25, -0.2) is 4.98 Å². The highest BCUT2D eigenvalue weighted by Gasteiger charge is 2.21. The number of carbonyl (C=O) groups excluding carboxylic acids is 1. The molecule has 1 aromatic carbocycles. The number of nitrogens with one attached hydrogen (secondary N) is 1. The van der Waals surface area contributed by atoms with Gasteiger partial charge in [0, 0.05) is 46.3 Å². The van der Waals surface area contributed by atoms with Crippen LogP contribution < -0.4 is 10.1 Å². The fraction of sp³-hybridized carbons (Fsp3) is 0.478. The van der Waals surface area contributed by atoms with Gasteiger partial charge in [0.05, 0.1) is 30.5 Å². The van der Waals surface area contributed by atoms with E-state index in [1.165, 1.54) is 18.1 Å². The molecule has 4 heterocycles. The first-order chi connectivity index (χ1) is 15.8. The molecule has 2 aromatic heterocycles. The Hall–Kier alpha value is -3.24. The normalized spacial score (nSPS) is 18.0. The van der Waals surface area contributed by atoms with Gasteiger partial charge in [0.15, 0.2) is 5.65 Å². The SMILES string of the molecule is CC(=O)N1CCC(O)C1.COc1cc2c(cc1Nc1ncc3cnn(C)c3n1)CN(C)CC2. The highest BCUT2D eigenvalue weighted by atomic mass is 16.5. The Balaban J connectivity index is 0.000000243. The smallest absolute Gasteiger partial charge is 0.229 e. The molecule has 1 amide bonds. The van der Waals surface area contributed by atoms with Gasteiger partial charge >= 0.3 is 0 Å². The van der Waals surface area contributed by atoms with Crippen LogP contribution in [0.25, 0.3) is 11.0 Å². The predicted octanol–water partition coefficient (Wildman–Crippen LogP) is 1.70. The van der Waals surface area contributed by atoms with Crippen molar-refractivity contribution < 1.29 is 14.6 Å². The van der Waals surface area contributed by atoms with Crippen LogP contribution in [0.15, 0.2) is 24.5 Å². The molecular weight excluding hydrogens is 422 g/mol. The average Bonchev–Trinajstić information content (AvgIpc) is 3.39. The Bertz CT molecular complexity index is 1150. The number of benzene rings is 1. The first-order valence-electron chi connectivity index (χ1n) is 11.1. The van der Waals surface area contributed by atoms with Gasteiger partial charge in [-0.2, -0.15) is 10.1 Å². The zero-order valence-electron chi connectivity index (χ0n) is 19.6. The van der Waals surface area contributed by atoms with Crippen LogP contribution in [0, 0.1) is 0 Å². The Morgan fingerprint density at radius 3 is 2.70 bits per heavy atom. The van der Waals surface area contributed by atoms with Gasteiger partial charge in [0.1, 0.15) is 5.75 Å². The minimum absolute atomic E-state index is 0.0616. The number of rotatable bonds is 3. The number of aliphatic hydroxyl groups excluding tert-OH is 1. The Morgan fingerprint density at radius 1 is 1.21 bits per heavy atom. The zero-order chi connectivity index (χ0) is 23.5. The van der Waals surface area contributed by atoms with Gasteiger partial charge in [-0.05, 0) is 43.1 Å². The van der Waals surface area contributed by atoms with Crippen LogP contribution in [-0.2, 0) is 24.8 Å². The number of methoxy groups -OCH3 is 1. The quantitative estimate of drug-likeness (QED) is 0.617. The molecular formula is C23H31N7O3. The number of carbonyl (C=O) groups is 1. The van der Waals surface area contributed by atoms with Gasteiger partial charge in [-0.1, -0.05) is 0 Å². The van der Waals surface area contributed by atoms with E-state index in [1.54, 1.807) is 29.1 Å². The molecule has 2 N–H and O–H groups in total. The largest absolute Gasteiger partial charge is 0.495 e. The second kappa shape index (κ2) is 9.72. The summed E-state index contributed by atoms with van der Waals surface area (Å²) in [5, 5.41) is 17.4. The van der Waals surface area contributed by atoms with Crippen molar-refractivity contribution in [2.45, 2.75) is 32.4 Å². The summed E-state index contributed by atoms with van der Waals surface area (Å²) in [5.41, 5.74) is 4.34. The fourth-order valence-electron chi connectivity index (χ4n) is 4.14. The van der Waals surface area contributed by atoms with Crippen molar-refractivity contribution in [1.29, 1.82) is 0 Å². The molecule has 1 fully saturated rings. The first-order valence-corrected chi connectivity index (χ1v) is 11.1. The molecule has 5 rings (SSSR count). The molecule has 176 valence electrons. The van der Waals surface area contributed by atoms with Crippen LogP contribution >= 0.6 is 0 Å². The van der Waals surface area contributed by atoms with Crippen LogP contribution in [-0.4, -0.2) is 80.5 Å². The maximum atomic E-state index is 10.6. The van der Waals surface area contributed by atoms with E-state index < -0.39 is 0 Å². The average molecular weight is 454 g/mol. The Labute approximate surface area is 193 Å². The Morgan fingerprint density at radius 2 is 2.03 bits per heavy atom. The minimum Gasteiger partial charge on any atom is -0.495 e. The lowest BCUT2D eigenvalue weighted by Gasteiger charge is -2.26. The molecule has 10 heteroatoms. The summed E-state index contributed by atoms with van der Waals surface area (Å²) < 4.78 is 7.29. The number of fused-ring (bicyclic) bond motifs is 2. The van der Waals surface area contributed by atoms with Crippen LogP contribution in [0.2, 0.25) is 0 Å². The number of aryl methyl sites for hydroxylation is 1. The second-order valence-electron chi connectivity index (χ2n) is 8.58. The highest BCUT2D eigenvalue weighted by molar-refractivity contribution is 5.76. The number of anilines is 2. The number of β-amino-alcohol motifs (C(OH)–C–C–N with tert-alkyl or cyclic N) is 1. The van der Waals surface area contributed by atoms with Crippen LogP contribution in [0.1, 0.15) is 24.5 Å². The summed E-state index contributed by atoms with van der Waals surface area (Å²) >= 11 is 0. The third-order valence-corrected chi connectivity index (χ3v) is 6.05. The summed E-state index contributed by atoms with van der Waals surface area (Å²) in [6, 6.07) is 4.26. The van der Waals surface area contributed by atoms with E-state index in [0.717, 1.165) is 54.9 Å². The van der Waals surface area contributed by atoms with Crippen molar-refractivity contribution in [3.05, 3.63) is 35.7 Å². The van der Waals surface area contributed by atoms with Gasteiger partial charge in [-0.3, -0.25) is 9.48 Å². The number of likely N-dealkylation sites (tertiary alicyclic amines) is 1. The summed E-state index contributed by atoms with van der Waals surface area (Å²) in [4.78, 5) is 23.5.